The fraction of sp³-hybridized carbons (Fsp3) is 0.400. The molecular formula is C20H28N2O2. The fourth-order valence-corrected chi connectivity index (χ4v) is 2.23. The van der Waals surface area contributed by atoms with Gasteiger partial charge in [0.1, 0.15) is 11.5 Å². The first-order chi connectivity index (χ1) is 11.7. The lowest BCUT2D eigenvalue weighted by molar-refractivity contribution is 0.271. The van der Waals surface area contributed by atoms with Crippen LogP contribution in [0.25, 0.3) is 0 Å². The van der Waals surface area contributed by atoms with Gasteiger partial charge in [0.05, 0.1) is 13.7 Å². The van der Waals surface area contributed by atoms with Crippen LogP contribution in [0, 0.1) is 5.92 Å². The molecule has 0 aliphatic carbocycles. The van der Waals surface area contributed by atoms with Gasteiger partial charge in [-0.05, 0) is 35.7 Å². The minimum atomic E-state index is 0.531. The molecule has 4 heteroatoms. The maximum atomic E-state index is 5.75. The van der Waals surface area contributed by atoms with Gasteiger partial charge in [0, 0.05) is 31.4 Å². The molecule has 0 heterocycles. The number of rotatable bonds is 10. The van der Waals surface area contributed by atoms with E-state index in [9.17, 15) is 0 Å². The molecule has 0 aliphatic heterocycles. The number of anilines is 1. The minimum absolute atomic E-state index is 0.531. The van der Waals surface area contributed by atoms with E-state index in [1.807, 2.05) is 30.3 Å². The number of nitrogens with one attached hydrogen (secondary N) is 2. The van der Waals surface area contributed by atoms with Gasteiger partial charge in [0.2, 0.25) is 0 Å². The van der Waals surface area contributed by atoms with E-state index in [4.69, 9.17) is 9.47 Å². The third-order valence-corrected chi connectivity index (χ3v) is 3.54. The molecule has 0 fully saturated rings. The van der Waals surface area contributed by atoms with E-state index in [1.165, 1.54) is 5.56 Å². The van der Waals surface area contributed by atoms with Crippen molar-refractivity contribution in [3.05, 3.63) is 54.1 Å². The van der Waals surface area contributed by atoms with E-state index in [0.29, 0.717) is 5.92 Å². The summed E-state index contributed by atoms with van der Waals surface area (Å²) in [6.07, 6.45) is 0. The van der Waals surface area contributed by atoms with E-state index >= 15 is 0 Å². The Balaban J connectivity index is 1.67. The molecule has 0 radical (unpaired) electrons. The molecule has 2 rings (SSSR count). The average Bonchev–Trinajstić information content (AvgIpc) is 2.60. The van der Waals surface area contributed by atoms with Gasteiger partial charge in [0.15, 0.2) is 0 Å². The Morgan fingerprint density at radius 3 is 2.46 bits per heavy atom. The van der Waals surface area contributed by atoms with Crippen molar-refractivity contribution in [2.75, 3.05) is 32.1 Å². The molecule has 0 aromatic heterocycles. The van der Waals surface area contributed by atoms with Crippen LogP contribution in [0.5, 0.6) is 11.5 Å². The van der Waals surface area contributed by atoms with Crippen LogP contribution >= 0.6 is 0 Å². The summed E-state index contributed by atoms with van der Waals surface area (Å²) in [5.74, 6) is 2.34. The Labute approximate surface area is 145 Å². The zero-order valence-electron chi connectivity index (χ0n) is 14.8. The molecule has 0 unspecified atom stereocenters. The second-order valence-corrected chi connectivity index (χ2v) is 6.18. The molecule has 0 aliphatic rings. The predicted molar refractivity (Wildman–Crippen MR) is 100.0 cm³/mol. The molecule has 0 bridgehead atoms. The van der Waals surface area contributed by atoms with Crippen molar-refractivity contribution in [3.63, 3.8) is 0 Å². The van der Waals surface area contributed by atoms with Crippen LogP contribution in [0.2, 0.25) is 0 Å². The van der Waals surface area contributed by atoms with E-state index in [-0.39, 0.29) is 0 Å². The summed E-state index contributed by atoms with van der Waals surface area (Å²) >= 11 is 0. The maximum Gasteiger partial charge on any atom is 0.121 e. The third-order valence-electron chi connectivity index (χ3n) is 3.54. The van der Waals surface area contributed by atoms with Gasteiger partial charge >= 0.3 is 0 Å². The summed E-state index contributed by atoms with van der Waals surface area (Å²) in [4.78, 5) is 0. The number of hydrogen-bond acceptors (Lipinski definition) is 4. The second kappa shape index (κ2) is 9.83. The third kappa shape index (κ3) is 6.50. The van der Waals surface area contributed by atoms with Gasteiger partial charge in [-0.15, -0.1) is 0 Å². The molecule has 2 aromatic carbocycles. The van der Waals surface area contributed by atoms with Crippen molar-refractivity contribution in [1.82, 2.24) is 5.32 Å². The van der Waals surface area contributed by atoms with Crippen molar-refractivity contribution in [2.24, 2.45) is 5.92 Å². The summed E-state index contributed by atoms with van der Waals surface area (Å²) in [5, 5.41) is 6.84. The smallest absolute Gasteiger partial charge is 0.121 e. The zero-order valence-corrected chi connectivity index (χ0v) is 14.8. The Morgan fingerprint density at radius 2 is 1.75 bits per heavy atom. The molecule has 0 atom stereocenters. The van der Waals surface area contributed by atoms with Crippen LogP contribution in [0.3, 0.4) is 0 Å². The fourth-order valence-electron chi connectivity index (χ4n) is 2.23. The summed E-state index contributed by atoms with van der Waals surface area (Å²) in [6.45, 7) is 7.65. The van der Waals surface area contributed by atoms with Crippen LogP contribution in [0.15, 0.2) is 48.5 Å². The van der Waals surface area contributed by atoms with Gasteiger partial charge in [-0.2, -0.15) is 0 Å². The molecule has 130 valence electrons. The molecule has 0 saturated carbocycles. The highest BCUT2D eigenvalue weighted by molar-refractivity contribution is 5.48. The highest BCUT2D eigenvalue weighted by Gasteiger charge is 1.99. The monoisotopic (exact) mass is 328 g/mol. The number of methoxy groups -OCH3 is 1. The number of ether oxygens (including phenoxy) is 2. The van der Waals surface area contributed by atoms with E-state index in [0.717, 1.165) is 43.4 Å². The van der Waals surface area contributed by atoms with Crippen LogP contribution < -0.4 is 20.1 Å². The van der Waals surface area contributed by atoms with Crippen LogP contribution in [-0.2, 0) is 6.54 Å². The van der Waals surface area contributed by atoms with Gasteiger partial charge in [-0.25, -0.2) is 0 Å². The molecule has 2 N–H and O–H groups in total. The number of benzene rings is 2. The van der Waals surface area contributed by atoms with E-state index in [2.05, 4.69) is 42.7 Å². The molecule has 0 saturated heterocycles. The first kappa shape index (κ1) is 18.1. The first-order valence-corrected chi connectivity index (χ1v) is 8.48. The summed E-state index contributed by atoms with van der Waals surface area (Å²) in [6, 6.07) is 16.2. The van der Waals surface area contributed by atoms with Gasteiger partial charge < -0.3 is 20.1 Å². The van der Waals surface area contributed by atoms with Crippen LogP contribution in [0.4, 0.5) is 5.69 Å². The lowest BCUT2D eigenvalue weighted by atomic mass is 10.2. The molecule has 0 amide bonds. The van der Waals surface area contributed by atoms with Crippen LogP contribution in [0.1, 0.15) is 19.4 Å². The lowest BCUT2D eigenvalue weighted by Gasteiger charge is -2.11. The normalized spacial score (nSPS) is 10.7. The SMILES string of the molecule is COc1ccc(CNCCNc2cccc(OCC(C)C)c2)cc1. The lowest BCUT2D eigenvalue weighted by Crippen LogP contribution is -2.21. The minimum Gasteiger partial charge on any atom is -0.497 e. The molecule has 0 spiro atoms. The van der Waals surface area contributed by atoms with Gasteiger partial charge in [-0.3, -0.25) is 0 Å². The van der Waals surface area contributed by atoms with Crippen LogP contribution in [-0.4, -0.2) is 26.8 Å². The number of hydrogen-bond donors (Lipinski definition) is 2. The Morgan fingerprint density at radius 1 is 0.958 bits per heavy atom. The highest BCUT2D eigenvalue weighted by atomic mass is 16.5. The largest absolute Gasteiger partial charge is 0.497 e. The van der Waals surface area contributed by atoms with E-state index < -0.39 is 0 Å². The summed E-state index contributed by atoms with van der Waals surface area (Å²) in [5.41, 5.74) is 2.34. The van der Waals surface area contributed by atoms with E-state index in [1.54, 1.807) is 7.11 Å². The predicted octanol–water partition coefficient (Wildman–Crippen LogP) is 3.93. The first-order valence-electron chi connectivity index (χ1n) is 8.48. The topological polar surface area (TPSA) is 42.5 Å². The quantitative estimate of drug-likeness (QED) is 0.649. The zero-order chi connectivity index (χ0) is 17.2. The maximum absolute atomic E-state index is 5.75. The van der Waals surface area contributed by atoms with Crippen molar-refractivity contribution in [3.8, 4) is 11.5 Å². The van der Waals surface area contributed by atoms with Gasteiger partial charge in [0.25, 0.3) is 0 Å². The Kier molecular flexibility index (Phi) is 7.43. The standard InChI is InChI=1S/C20H28N2O2/c1-16(2)15-24-20-6-4-5-18(13-20)22-12-11-21-14-17-7-9-19(23-3)10-8-17/h4-10,13,16,21-22H,11-12,14-15H2,1-3H3. The molecule has 2 aromatic rings. The van der Waals surface area contributed by atoms with Crippen molar-refractivity contribution in [1.29, 1.82) is 0 Å². The molecular weight excluding hydrogens is 300 g/mol. The summed E-state index contributed by atoms with van der Waals surface area (Å²) < 4.78 is 10.9. The molecule has 4 nitrogen and oxygen atoms in total. The Hall–Kier alpha value is -2.20. The Bertz CT molecular complexity index is 597. The summed E-state index contributed by atoms with van der Waals surface area (Å²) in [7, 11) is 1.68. The van der Waals surface area contributed by atoms with Crippen molar-refractivity contribution in [2.45, 2.75) is 20.4 Å². The highest BCUT2D eigenvalue weighted by Crippen LogP contribution is 2.17. The second-order valence-electron chi connectivity index (χ2n) is 6.18. The average molecular weight is 328 g/mol. The molecule has 24 heavy (non-hydrogen) atoms. The van der Waals surface area contributed by atoms with Crippen molar-refractivity contribution >= 4 is 5.69 Å². The van der Waals surface area contributed by atoms with Crippen molar-refractivity contribution < 1.29 is 9.47 Å². The van der Waals surface area contributed by atoms with Gasteiger partial charge in [-0.1, -0.05) is 32.0 Å².